The quantitative estimate of drug-likeness (QED) is 0.946. The van der Waals surface area contributed by atoms with Crippen LogP contribution in [0.2, 0.25) is 5.02 Å². The summed E-state index contributed by atoms with van der Waals surface area (Å²) in [5.41, 5.74) is 6.58. The van der Waals surface area contributed by atoms with Crippen molar-refractivity contribution in [3.63, 3.8) is 0 Å². The van der Waals surface area contributed by atoms with Gasteiger partial charge in [-0.1, -0.05) is 23.7 Å². The molecule has 1 aromatic carbocycles. The van der Waals surface area contributed by atoms with Crippen molar-refractivity contribution < 1.29 is 12.8 Å². The zero-order chi connectivity index (χ0) is 14.4. The van der Waals surface area contributed by atoms with E-state index in [1.807, 2.05) is 6.07 Å². The Bertz CT molecular complexity index is 719. The lowest BCUT2D eigenvalue weighted by Gasteiger charge is -2.27. The molecule has 1 unspecified atom stereocenters. The third-order valence-electron chi connectivity index (χ3n) is 3.53. The average molecular weight is 302 g/mol. The number of fused-ring (bicyclic) bond motifs is 1. The minimum Gasteiger partial charge on any atom is -0.458 e. The summed E-state index contributed by atoms with van der Waals surface area (Å²) in [5.74, 6) is 0.415. The number of nitrogens with two attached hydrogens (primary N) is 1. The molecule has 19 heavy (non-hydrogen) atoms. The summed E-state index contributed by atoms with van der Waals surface area (Å²) < 4.78 is 28.1. The highest BCUT2D eigenvalue weighted by Gasteiger charge is 2.39. The van der Waals surface area contributed by atoms with Gasteiger partial charge in [0.25, 0.3) is 0 Å². The minimum atomic E-state index is -3.32. The van der Waals surface area contributed by atoms with E-state index in [2.05, 4.69) is 0 Å². The second-order valence-electron chi connectivity index (χ2n) is 5.16. The van der Waals surface area contributed by atoms with Crippen molar-refractivity contribution in [3.8, 4) is 0 Å². The van der Waals surface area contributed by atoms with E-state index in [0.717, 1.165) is 5.39 Å². The van der Waals surface area contributed by atoms with Gasteiger partial charge >= 0.3 is 0 Å². The Morgan fingerprint density at radius 1 is 1.37 bits per heavy atom. The second kappa shape index (κ2) is 4.51. The Hall–Kier alpha value is -1.04. The molecule has 1 heterocycles. The molecule has 1 atom stereocenters. The molecule has 0 saturated carbocycles. The van der Waals surface area contributed by atoms with E-state index in [-0.39, 0.29) is 0 Å². The van der Waals surface area contributed by atoms with Gasteiger partial charge in [-0.15, -0.1) is 0 Å². The second-order valence-corrected chi connectivity index (χ2v) is 8.16. The highest BCUT2D eigenvalue weighted by molar-refractivity contribution is 7.92. The van der Waals surface area contributed by atoms with Crippen molar-refractivity contribution in [2.24, 2.45) is 5.73 Å². The van der Waals surface area contributed by atoms with Gasteiger partial charge in [-0.25, -0.2) is 8.42 Å². The first-order chi connectivity index (χ1) is 8.64. The molecule has 2 rings (SSSR count). The van der Waals surface area contributed by atoms with Crippen LogP contribution < -0.4 is 5.73 Å². The van der Waals surface area contributed by atoms with Crippen LogP contribution in [0.15, 0.2) is 28.7 Å². The van der Waals surface area contributed by atoms with E-state index in [0.29, 0.717) is 16.4 Å². The first-order valence-electron chi connectivity index (χ1n) is 5.77. The molecule has 4 nitrogen and oxygen atoms in total. The standard InChI is InChI=1S/C13H16ClNO3S/c1-13(2,19(3,16)17)12(15)10-7-8-5-4-6-9(14)11(8)18-10/h4-7,12H,15H2,1-3H3. The van der Waals surface area contributed by atoms with E-state index in [1.165, 1.54) is 6.26 Å². The summed E-state index contributed by atoms with van der Waals surface area (Å²) in [7, 11) is -3.32. The summed E-state index contributed by atoms with van der Waals surface area (Å²) >= 11 is 6.03. The van der Waals surface area contributed by atoms with Gasteiger partial charge in [-0.2, -0.15) is 0 Å². The molecule has 1 aromatic heterocycles. The maximum atomic E-state index is 11.8. The Morgan fingerprint density at radius 2 is 2.00 bits per heavy atom. The van der Waals surface area contributed by atoms with Gasteiger partial charge in [0.15, 0.2) is 15.4 Å². The van der Waals surface area contributed by atoms with Crippen molar-refractivity contribution in [1.29, 1.82) is 0 Å². The monoisotopic (exact) mass is 301 g/mol. The van der Waals surface area contributed by atoms with Crippen LogP contribution in [0.5, 0.6) is 0 Å². The molecule has 0 saturated heterocycles. The fourth-order valence-electron chi connectivity index (χ4n) is 1.77. The molecule has 0 aliphatic heterocycles. The minimum absolute atomic E-state index is 0.415. The zero-order valence-corrected chi connectivity index (χ0v) is 12.5. The number of para-hydroxylation sites is 1. The number of sulfone groups is 1. The Labute approximate surface area is 117 Å². The zero-order valence-electron chi connectivity index (χ0n) is 11.0. The van der Waals surface area contributed by atoms with Crippen LogP contribution in [0.4, 0.5) is 0 Å². The third-order valence-corrected chi connectivity index (χ3v) is 5.99. The molecule has 104 valence electrons. The fraction of sp³-hybridized carbons (Fsp3) is 0.385. The van der Waals surface area contributed by atoms with Crippen molar-refractivity contribution in [1.82, 2.24) is 0 Å². The fourth-order valence-corrected chi connectivity index (χ4v) is 2.57. The highest BCUT2D eigenvalue weighted by Crippen LogP contribution is 2.35. The van der Waals surface area contributed by atoms with Crippen LogP contribution >= 0.6 is 11.6 Å². The lowest BCUT2D eigenvalue weighted by atomic mass is 10.0. The molecule has 0 aliphatic rings. The normalized spacial score (nSPS) is 14.8. The summed E-state index contributed by atoms with van der Waals surface area (Å²) in [6.07, 6.45) is 1.17. The number of halogens is 1. The predicted molar refractivity (Wildman–Crippen MR) is 77.1 cm³/mol. The van der Waals surface area contributed by atoms with E-state index < -0.39 is 20.6 Å². The predicted octanol–water partition coefficient (Wildman–Crippen LogP) is 2.91. The largest absolute Gasteiger partial charge is 0.458 e. The first kappa shape index (κ1) is 14.4. The van der Waals surface area contributed by atoms with E-state index in [4.69, 9.17) is 21.8 Å². The molecule has 0 amide bonds. The summed E-state index contributed by atoms with van der Waals surface area (Å²) in [6.45, 7) is 3.17. The van der Waals surface area contributed by atoms with Gasteiger partial charge in [0.1, 0.15) is 5.76 Å². The van der Waals surface area contributed by atoms with Crippen LogP contribution in [0.3, 0.4) is 0 Å². The average Bonchev–Trinajstić information content (AvgIpc) is 2.71. The van der Waals surface area contributed by atoms with E-state index in [1.54, 1.807) is 32.0 Å². The molecule has 0 radical (unpaired) electrons. The molecule has 0 fully saturated rings. The van der Waals surface area contributed by atoms with E-state index >= 15 is 0 Å². The third kappa shape index (κ3) is 2.38. The van der Waals surface area contributed by atoms with Crippen LogP contribution in [0.25, 0.3) is 11.0 Å². The maximum Gasteiger partial charge on any atom is 0.154 e. The number of furan rings is 1. The van der Waals surface area contributed by atoms with E-state index in [9.17, 15) is 8.42 Å². The van der Waals surface area contributed by atoms with Crippen molar-refractivity contribution >= 4 is 32.4 Å². The molecule has 0 spiro atoms. The van der Waals surface area contributed by atoms with Gasteiger partial charge < -0.3 is 10.2 Å². The first-order valence-corrected chi connectivity index (χ1v) is 8.04. The van der Waals surface area contributed by atoms with Gasteiger partial charge in [0.2, 0.25) is 0 Å². The molecular weight excluding hydrogens is 286 g/mol. The summed E-state index contributed by atoms with van der Waals surface area (Å²) in [5, 5.41) is 1.29. The molecule has 6 heteroatoms. The maximum absolute atomic E-state index is 11.8. The SMILES string of the molecule is CC(C)(C(N)c1cc2cccc(Cl)c2o1)S(C)(=O)=O. The van der Waals surface area contributed by atoms with Crippen LogP contribution in [-0.2, 0) is 9.84 Å². The topological polar surface area (TPSA) is 73.3 Å². The highest BCUT2D eigenvalue weighted by atomic mass is 35.5. The Morgan fingerprint density at radius 3 is 2.53 bits per heavy atom. The molecule has 0 bridgehead atoms. The van der Waals surface area contributed by atoms with Gasteiger partial charge in [0, 0.05) is 11.6 Å². The van der Waals surface area contributed by atoms with Crippen molar-refractivity contribution in [2.75, 3.05) is 6.26 Å². The van der Waals surface area contributed by atoms with Crippen molar-refractivity contribution in [3.05, 3.63) is 35.0 Å². The molecule has 0 aliphatic carbocycles. The molecule has 2 N–H and O–H groups in total. The van der Waals surface area contributed by atoms with Crippen LogP contribution in [0, 0.1) is 0 Å². The molecular formula is C13H16ClNO3S. The smallest absolute Gasteiger partial charge is 0.154 e. The van der Waals surface area contributed by atoms with Crippen molar-refractivity contribution in [2.45, 2.75) is 24.6 Å². The van der Waals surface area contributed by atoms with Gasteiger partial charge in [-0.05, 0) is 26.0 Å². The Kier molecular flexibility index (Phi) is 3.41. The summed E-state index contributed by atoms with van der Waals surface area (Å²) in [4.78, 5) is 0. The number of benzene rings is 1. The number of hydrogen-bond donors (Lipinski definition) is 1. The van der Waals surface area contributed by atoms with Crippen LogP contribution in [0.1, 0.15) is 25.6 Å². The van der Waals surface area contributed by atoms with Crippen LogP contribution in [-0.4, -0.2) is 19.4 Å². The van der Waals surface area contributed by atoms with Gasteiger partial charge in [0.05, 0.1) is 15.8 Å². The van der Waals surface area contributed by atoms with Gasteiger partial charge in [-0.3, -0.25) is 0 Å². The Balaban J connectivity index is 2.54. The lowest BCUT2D eigenvalue weighted by Crippen LogP contribution is -2.42. The number of hydrogen-bond acceptors (Lipinski definition) is 4. The lowest BCUT2D eigenvalue weighted by molar-refractivity contribution is 0.423. The molecule has 2 aromatic rings. The number of rotatable bonds is 3. The summed E-state index contributed by atoms with van der Waals surface area (Å²) in [6, 6.07) is 6.33.